The van der Waals surface area contributed by atoms with E-state index in [9.17, 15) is 4.79 Å². The van der Waals surface area contributed by atoms with Crippen molar-refractivity contribution >= 4 is 16.8 Å². The SMILES string of the molecule is O=C(Cn1c(-c2cccnc2)nc2ccccc21)c1ccc[nH]1. The number of pyridine rings is 1. The van der Waals surface area contributed by atoms with E-state index < -0.39 is 0 Å². The van der Waals surface area contributed by atoms with Crippen molar-refractivity contribution in [1.29, 1.82) is 0 Å². The van der Waals surface area contributed by atoms with Gasteiger partial charge in [0, 0.05) is 24.2 Å². The van der Waals surface area contributed by atoms with Crippen LogP contribution < -0.4 is 0 Å². The second-order valence-electron chi connectivity index (χ2n) is 5.26. The Kier molecular flexibility index (Phi) is 3.24. The van der Waals surface area contributed by atoms with Gasteiger partial charge in [0.15, 0.2) is 5.78 Å². The molecule has 5 nitrogen and oxygen atoms in total. The molecule has 0 aliphatic heterocycles. The number of aromatic nitrogens is 4. The molecule has 4 aromatic rings. The molecule has 5 heteroatoms. The van der Waals surface area contributed by atoms with Crippen LogP contribution in [0, 0.1) is 0 Å². The number of hydrogen-bond donors (Lipinski definition) is 1. The van der Waals surface area contributed by atoms with Crippen LogP contribution in [0.15, 0.2) is 67.1 Å². The third kappa shape index (κ3) is 2.42. The Bertz CT molecular complexity index is 955. The van der Waals surface area contributed by atoms with E-state index in [-0.39, 0.29) is 12.3 Å². The van der Waals surface area contributed by atoms with Crippen molar-refractivity contribution in [2.45, 2.75) is 6.54 Å². The van der Waals surface area contributed by atoms with Crippen molar-refractivity contribution in [3.63, 3.8) is 0 Å². The van der Waals surface area contributed by atoms with Gasteiger partial charge >= 0.3 is 0 Å². The van der Waals surface area contributed by atoms with E-state index in [2.05, 4.69) is 15.0 Å². The Morgan fingerprint density at radius 2 is 2.00 bits per heavy atom. The van der Waals surface area contributed by atoms with E-state index in [1.54, 1.807) is 24.7 Å². The van der Waals surface area contributed by atoms with E-state index in [1.165, 1.54) is 0 Å². The Morgan fingerprint density at radius 1 is 1.09 bits per heavy atom. The summed E-state index contributed by atoms with van der Waals surface area (Å²) in [5.74, 6) is 0.766. The fourth-order valence-electron chi connectivity index (χ4n) is 2.68. The molecule has 23 heavy (non-hydrogen) atoms. The second-order valence-corrected chi connectivity index (χ2v) is 5.26. The normalized spacial score (nSPS) is 11.0. The minimum absolute atomic E-state index is 0.0169. The number of hydrogen-bond acceptors (Lipinski definition) is 3. The van der Waals surface area contributed by atoms with Gasteiger partial charge in [-0.15, -0.1) is 0 Å². The zero-order valence-corrected chi connectivity index (χ0v) is 12.3. The van der Waals surface area contributed by atoms with Gasteiger partial charge in [-0.1, -0.05) is 12.1 Å². The van der Waals surface area contributed by atoms with E-state index in [4.69, 9.17) is 0 Å². The maximum atomic E-state index is 12.5. The van der Waals surface area contributed by atoms with Gasteiger partial charge in [0.25, 0.3) is 0 Å². The molecule has 0 aliphatic carbocycles. The smallest absolute Gasteiger partial charge is 0.198 e. The first-order valence-corrected chi connectivity index (χ1v) is 7.35. The van der Waals surface area contributed by atoms with Crippen molar-refractivity contribution in [3.05, 3.63) is 72.8 Å². The molecule has 1 N–H and O–H groups in total. The number of ketones is 1. The Morgan fingerprint density at radius 3 is 2.78 bits per heavy atom. The van der Waals surface area contributed by atoms with Crippen molar-refractivity contribution in [2.24, 2.45) is 0 Å². The highest BCUT2D eigenvalue weighted by Crippen LogP contribution is 2.24. The Labute approximate surface area is 132 Å². The lowest BCUT2D eigenvalue weighted by Crippen LogP contribution is -2.12. The quantitative estimate of drug-likeness (QED) is 0.588. The third-order valence-electron chi connectivity index (χ3n) is 3.77. The predicted molar refractivity (Wildman–Crippen MR) is 88.1 cm³/mol. The molecule has 1 aromatic carbocycles. The minimum atomic E-state index is 0.0169. The van der Waals surface area contributed by atoms with Gasteiger partial charge < -0.3 is 9.55 Å². The average molecular weight is 302 g/mol. The first-order valence-electron chi connectivity index (χ1n) is 7.35. The maximum absolute atomic E-state index is 12.5. The van der Waals surface area contributed by atoms with Crippen LogP contribution in [-0.2, 0) is 6.54 Å². The summed E-state index contributed by atoms with van der Waals surface area (Å²) in [5.41, 5.74) is 3.29. The minimum Gasteiger partial charge on any atom is -0.359 e. The van der Waals surface area contributed by atoms with Gasteiger partial charge in [0.2, 0.25) is 0 Å². The standard InChI is InChI=1S/C18H14N4O/c23-17(15-7-4-10-20-15)12-22-16-8-2-1-6-14(16)21-18(22)13-5-3-9-19-11-13/h1-11,20H,12H2. The van der Waals surface area contributed by atoms with E-state index in [0.717, 1.165) is 22.4 Å². The summed E-state index contributed by atoms with van der Waals surface area (Å²) < 4.78 is 1.94. The van der Waals surface area contributed by atoms with Crippen molar-refractivity contribution < 1.29 is 4.79 Å². The lowest BCUT2D eigenvalue weighted by Gasteiger charge is -2.08. The highest BCUT2D eigenvalue weighted by atomic mass is 16.1. The highest BCUT2D eigenvalue weighted by molar-refractivity contribution is 5.95. The number of carbonyl (C=O) groups is 1. The fraction of sp³-hybridized carbons (Fsp3) is 0.0556. The second kappa shape index (κ2) is 5.53. The number of carbonyl (C=O) groups excluding carboxylic acids is 1. The molecular weight excluding hydrogens is 288 g/mol. The van der Waals surface area contributed by atoms with Crippen LogP contribution in [0.25, 0.3) is 22.4 Å². The molecule has 0 bridgehead atoms. The summed E-state index contributed by atoms with van der Waals surface area (Å²) >= 11 is 0. The number of benzene rings is 1. The van der Waals surface area contributed by atoms with Crippen LogP contribution in [-0.4, -0.2) is 25.3 Å². The number of imidazole rings is 1. The summed E-state index contributed by atoms with van der Waals surface area (Å²) in [6.07, 6.45) is 5.23. The highest BCUT2D eigenvalue weighted by Gasteiger charge is 2.16. The lowest BCUT2D eigenvalue weighted by molar-refractivity contribution is 0.0969. The average Bonchev–Trinajstić information content (AvgIpc) is 3.24. The summed E-state index contributed by atoms with van der Waals surface area (Å²) in [6.45, 7) is 0.227. The topological polar surface area (TPSA) is 63.6 Å². The van der Waals surface area contributed by atoms with Gasteiger partial charge in [-0.2, -0.15) is 0 Å². The summed E-state index contributed by atoms with van der Waals surface area (Å²) in [7, 11) is 0. The molecule has 0 unspecified atom stereocenters. The molecule has 0 aliphatic rings. The van der Waals surface area contributed by atoms with Crippen LogP contribution in [0.2, 0.25) is 0 Å². The molecule has 0 amide bonds. The first kappa shape index (κ1) is 13.5. The van der Waals surface area contributed by atoms with Gasteiger partial charge in [0.05, 0.1) is 23.3 Å². The monoisotopic (exact) mass is 302 g/mol. The number of aromatic amines is 1. The lowest BCUT2D eigenvalue weighted by atomic mass is 10.2. The molecule has 0 atom stereocenters. The Hall–Kier alpha value is -3.21. The zero-order chi connectivity index (χ0) is 15.6. The Balaban J connectivity index is 1.85. The number of Topliss-reactive ketones (excluding diaryl/α,β-unsaturated/α-hetero) is 1. The van der Waals surface area contributed by atoms with Crippen LogP contribution in [0.3, 0.4) is 0 Å². The fourth-order valence-corrected chi connectivity index (χ4v) is 2.68. The van der Waals surface area contributed by atoms with Gasteiger partial charge in [-0.25, -0.2) is 4.98 Å². The maximum Gasteiger partial charge on any atom is 0.198 e. The molecule has 0 saturated heterocycles. The van der Waals surface area contributed by atoms with Gasteiger partial charge in [-0.3, -0.25) is 9.78 Å². The molecule has 0 fully saturated rings. The predicted octanol–water partition coefficient (Wildman–Crippen LogP) is 3.31. The molecule has 0 spiro atoms. The van der Waals surface area contributed by atoms with Crippen molar-refractivity contribution in [1.82, 2.24) is 19.5 Å². The van der Waals surface area contributed by atoms with Gasteiger partial charge in [-0.05, 0) is 36.4 Å². The van der Waals surface area contributed by atoms with E-state index >= 15 is 0 Å². The third-order valence-corrected chi connectivity index (χ3v) is 3.77. The van der Waals surface area contributed by atoms with Crippen LogP contribution in [0.5, 0.6) is 0 Å². The van der Waals surface area contributed by atoms with Crippen molar-refractivity contribution in [2.75, 3.05) is 0 Å². The van der Waals surface area contributed by atoms with Gasteiger partial charge in [0.1, 0.15) is 5.82 Å². The summed E-state index contributed by atoms with van der Waals surface area (Å²) in [5, 5.41) is 0. The van der Waals surface area contributed by atoms with Crippen molar-refractivity contribution in [3.8, 4) is 11.4 Å². The molecule has 3 aromatic heterocycles. The molecule has 4 rings (SSSR count). The molecule has 0 saturated carbocycles. The number of H-pyrrole nitrogens is 1. The number of nitrogens with one attached hydrogen (secondary N) is 1. The van der Waals surface area contributed by atoms with Crippen LogP contribution in [0.4, 0.5) is 0 Å². The first-order chi connectivity index (χ1) is 11.3. The number of fused-ring (bicyclic) bond motifs is 1. The van der Waals surface area contributed by atoms with E-state index in [0.29, 0.717) is 5.69 Å². The largest absolute Gasteiger partial charge is 0.359 e. The number of rotatable bonds is 4. The zero-order valence-electron chi connectivity index (χ0n) is 12.3. The van der Waals surface area contributed by atoms with E-state index in [1.807, 2.05) is 47.0 Å². The molecular formula is C18H14N4O. The number of para-hydroxylation sites is 2. The summed E-state index contributed by atoms with van der Waals surface area (Å²) in [4.78, 5) is 24.3. The molecule has 112 valence electrons. The molecule has 0 radical (unpaired) electrons. The summed E-state index contributed by atoms with van der Waals surface area (Å²) in [6, 6.07) is 15.2. The van der Waals surface area contributed by atoms with Crippen LogP contribution >= 0.6 is 0 Å². The van der Waals surface area contributed by atoms with Crippen LogP contribution in [0.1, 0.15) is 10.5 Å². The number of nitrogens with zero attached hydrogens (tertiary/aromatic N) is 3. The molecule has 3 heterocycles.